The molecule has 1 aliphatic carbocycles. The van der Waals surface area contributed by atoms with E-state index < -0.39 is 6.36 Å². The van der Waals surface area contributed by atoms with Crippen molar-refractivity contribution in [3.63, 3.8) is 0 Å². The minimum atomic E-state index is -4.73. The Bertz CT molecular complexity index is 1050. The third kappa shape index (κ3) is 5.87. The zero-order valence-electron chi connectivity index (χ0n) is 17.6. The second-order valence-corrected chi connectivity index (χ2v) is 7.81. The third-order valence-electron chi connectivity index (χ3n) is 5.29. The van der Waals surface area contributed by atoms with Crippen LogP contribution in [-0.2, 0) is 0 Å². The molecular weight excluding hydrogens is 419 g/mol. The van der Waals surface area contributed by atoms with Crippen molar-refractivity contribution in [2.75, 3.05) is 10.6 Å². The number of rotatable bonds is 6. The van der Waals surface area contributed by atoms with Crippen molar-refractivity contribution in [1.82, 2.24) is 15.0 Å². The van der Waals surface area contributed by atoms with Gasteiger partial charge in [0.25, 0.3) is 0 Å². The lowest BCUT2D eigenvalue weighted by atomic mass is 9.96. The molecule has 0 radical (unpaired) electrons. The topological polar surface area (TPSA) is 72.0 Å². The second-order valence-electron chi connectivity index (χ2n) is 7.81. The highest BCUT2D eigenvalue weighted by Crippen LogP contribution is 2.30. The minimum absolute atomic E-state index is 0.267. The Morgan fingerprint density at radius 3 is 2.47 bits per heavy atom. The normalized spacial score (nSPS) is 14.8. The van der Waals surface area contributed by atoms with Crippen LogP contribution in [-0.4, -0.2) is 27.4 Å². The Kier molecular flexibility index (Phi) is 6.43. The molecule has 0 atom stereocenters. The van der Waals surface area contributed by atoms with Gasteiger partial charge in [-0.2, -0.15) is 4.98 Å². The van der Waals surface area contributed by atoms with E-state index in [-0.39, 0.29) is 5.75 Å². The predicted molar refractivity (Wildman–Crippen MR) is 117 cm³/mol. The molecule has 6 nitrogen and oxygen atoms in total. The van der Waals surface area contributed by atoms with Gasteiger partial charge in [-0.1, -0.05) is 25.3 Å². The van der Waals surface area contributed by atoms with Gasteiger partial charge < -0.3 is 15.4 Å². The molecule has 0 amide bonds. The van der Waals surface area contributed by atoms with Crippen molar-refractivity contribution in [2.24, 2.45) is 0 Å². The van der Waals surface area contributed by atoms with Gasteiger partial charge in [-0.05, 0) is 55.7 Å². The Morgan fingerprint density at radius 2 is 1.78 bits per heavy atom. The molecule has 2 aromatic heterocycles. The molecule has 4 rings (SSSR count). The lowest BCUT2D eigenvalue weighted by Crippen LogP contribution is -2.23. The largest absolute Gasteiger partial charge is 0.573 e. The highest BCUT2D eigenvalue weighted by Gasteiger charge is 2.31. The summed E-state index contributed by atoms with van der Waals surface area (Å²) in [4.78, 5) is 13.6. The van der Waals surface area contributed by atoms with Crippen LogP contribution in [0, 0.1) is 6.92 Å². The van der Waals surface area contributed by atoms with Crippen molar-refractivity contribution >= 4 is 17.5 Å². The number of hydrogen-bond acceptors (Lipinski definition) is 6. The number of benzene rings is 1. The molecule has 1 aliphatic rings. The maximum atomic E-state index is 12.5. The number of nitrogens with one attached hydrogen (secondary N) is 2. The van der Waals surface area contributed by atoms with Gasteiger partial charge in [0.05, 0.1) is 11.4 Å². The van der Waals surface area contributed by atoms with Crippen molar-refractivity contribution in [3.05, 3.63) is 54.2 Å². The van der Waals surface area contributed by atoms with Gasteiger partial charge in [-0.25, -0.2) is 4.98 Å². The number of pyridine rings is 1. The molecule has 1 fully saturated rings. The smallest absolute Gasteiger partial charge is 0.406 e. The summed E-state index contributed by atoms with van der Waals surface area (Å²) in [7, 11) is 0. The monoisotopic (exact) mass is 443 g/mol. The van der Waals surface area contributed by atoms with E-state index >= 15 is 0 Å². The molecule has 9 heteroatoms. The van der Waals surface area contributed by atoms with Crippen LogP contribution in [0.15, 0.2) is 48.7 Å². The van der Waals surface area contributed by atoms with Crippen LogP contribution in [0.25, 0.3) is 11.4 Å². The van der Waals surface area contributed by atoms with E-state index in [0.717, 1.165) is 12.8 Å². The quantitative estimate of drug-likeness (QED) is 0.470. The van der Waals surface area contributed by atoms with Crippen LogP contribution in [0.2, 0.25) is 0 Å². The van der Waals surface area contributed by atoms with Crippen LogP contribution in [0.5, 0.6) is 5.75 Å². The molecule has 0 spiro atoms. The van der Waals surface area contributed by atoms with E-state index in [9.17, 15) is 13.2 Å². The van der Waals surface area contributed by atoms with E-state index in [4.69, 9.17) is 0 Å². The average Bonchev–Trinajstić information content (AvgIpc) is 2.76. The standard InChI is InChI=1S/C23H24F3N5O/c1-15-13-17(32-23(24,25)26)10-11-18(15)29-21-14-20(19-9-5-6-12-27-19)30-22(31-21)28-16-7-3-2-4-8-16/h5-6,9-14,16H,2-4,7-8H2,1H3,(H2,28,29,30,31). The Labute approximate surface area is 184 Å². The third-order valence-corrected chi connectivity index (χ3v) is 5.29. The summed E-state index contributed by atoms with van der Waals surface area (Å²) in [5, 5.41) is 6.63. The van der Waals surface area contributed by atoms with E-state index in [1.165, 1.54) is 37.5 Å². The maximum absolute atomic E-state index is 12.5. The molecule has 1 saturated carbocycles. The first-order valence-electron chi connectivity index (χ1n) is 10.6. The second kappa shape index (κ2) is 9.42. The molecule has 1 aromatic carbocycles. The van der Waals surface area contributed by atoms with Gasteiger partial charge in [0.2, 0.25) is 5.95 Å². The van der Waals surface area contributed by atoms with Gasteiger partial charge in [0.1, 0.15) is 11.6 Å². The molecule has 168 valence electrons. The fraction of sp³-hybridized carbons (Fsp3) is 0.348. The van der Waals surface area contributed by atoms with Gasteiger partial charge in [0.15, 0.2) is 0 Å². The van der Waals surface area contributed by atoms with Crippen LogP contribution in [0.1, 0.15) is 37.7 Å². The first-order valence-corrected chi connectivity index (χ1v) is 10.6. The van der Waals surface area contributed by atoms with E-state index in [1.54, 1.807) is 19.2 Å². The highest BCUT2D eigenvalue weighted by molar-refractivity contribution is 5.67. The molecular formula is C23H24F3N5O. The summed E-state index contributed by atoms with van der Waals surface area (Å²) < 4.78 is 41.5. The van der Waals surface area contributed by atoms with Gasteiger partial charge in [0, 0.05) is 24.0 Å². The van der Waals surface area contributed by atoms with Crippen LogP contribution < -0.4 is 15.4 Å². The van der Waals surface area contributed by atoms with Gasteiger partial charge in [-0.15, -0.1) is 13.2 Å². The number of aromatic nitrogens is 3. The van der Waals surface area contributed by atoms with E-state index in [2.05, 4.69) is 30.3 Å². The predicted octanol–water partition coefficient (Wildman–Crippen LogP) is 6.23. The first kappa shape index (κ1) is 21.9. The molecule has 0 bridgehead atoms. The zero-order valence-corrected chi connectivity index (χ0v) is 17.6. The van der Waals surface area contributed by atoms with Crippen molar-refractivity contribution in [2.45, 2.75) is 51.4 Å². The molecule has 2 N–H and O–H groups in total. The van der Waals surface area contributed by atoms with Crippen LogP contribution >= 0.6 is 0 Å². The summed E-state index contributed by atoms with van der Waals surface area (Å²) >= 11 is 0. The molecule has 3 aromatic rings. The van der Waals surface area contributed by atoms with Gasteiger partial charge in [-0.3, -0.25) is 4.98 Å². The lowest BCUT2D eigenvalue weighted by molar-refractivity contribution is -0.274. The molecule has 32 heavy (non-hydrogen) atoms. The number of nitrogens with zero attached hydrogens (tertiary/aromatic N) is 3. The lowest BCUT2D eigenvalue weighted by Gasteiger charge is -2.23. The summed E-state index contributed by atoms with van der Waals surface area (Å²) in [5.41, 5.74) is 2.56. The molecule has 2 heterocycles. The van der Waals surface area contributed by atoms with Crippen LogP contribution in [0.4, 0.5) is 30.6 Å². The number of aryl methyl sites for hydroxylation is 1. The van der Waals surface area contributed by atoms with Crippen LogP contribution in [0.3, 0.4) is 0 Å². The maximum Gasteiger partial charge on any atom is 0.573 e. The number of hydrogen-bond donors (Lipinski definition) is 2. The van der Waals surface area contributed by atoms with E-state index in [0.29, 0.717) is 40.4 Å². The number of anilines is 3. The fourth-order valence-corrected chi connectivity index (χ4v) is 3.76. The number of ether oxygens (including phenoxy) is 1. The van der Waals surface area contributed by atoms with Crippen molar-refractivity contribution < 1.29 is 17.9 Å². The SMILES string of the molecule is Cc1cc(OC(F)(F)F)ccc1Nc1cc(-c2ccccn2)nc(NC2CCCCC2)n1. The first-order chi connectivity index (χ1) is 15.4. The number of halogens is 3. The van der Waals surface area contributed by atoms with Crippen molar-refractivity contribution in [1.29, 1.82) is 0 Å². The minimum Gasteiger partial charge on any atom is -0.406 e. The summed E-state index contributed by atoms with van der Waals surface area (Å²) in [6.45, 7) is 1.70. The average molecular weight is 443 g/mol. The molecule has 0 unspecified atom stereocenters. The summed E-state index contributed by atoms with van der Waals surface area (Å²) in [6.07, 6.45) is 2.70. The van der Waals surface area contributed by atoms with Gasteiger partial charge >= 0.3 is 6.36 Å². The zero-order chi connectivity index (χ0) is 22.6. The summed E-state index contributed by atoms with van der Waals surface area (Å²) in [5.74, 6) is 0.751. The Hall–Kier alpha value is -3.36. The Balaban J connectivity index is 1.61. The summed E-state index contributed by atoms with van der Waals surface area (Å²) in [6, 6.07) is 11.8. The molecule has 0 aliphatic heterocycles. The fourth-order valence-electron chi connectivity index (χ4n) is 3.76. The Morgan fingerprint density at radius 1 is 0.969 bits per heavy atom. The van der Waals surface area contributed by atoms with E-state index in [1.807, 2.05) is 18.2 Å². The number of alkyl halides is 3. The molecule has 0 saturated heterocycles. The highest BCUT2D eigenvalue weighted by atomic mass is 19.4. The van der Waals surface area contributed by atoms with Crippen molar-refractivity contribution in [3.8, 4) is 17.1 Å².